The zero-order valence-electron chi connectivity index (χ0n) is 15.4. The summed E-state index contributed by atoms with van der Waals surface area (Å²) in [6, 6.07) is 24.5. The number of nitrogens with zero attached hydrogens (tertiary/aromatic N) is 1. The zero-order valence-corrected chi connectivity index (χ0v) is 15.4. The van der Waals surface area contributed by atoms with Crippen molar-refractivity contribution in [1.29, 1.82) is 0 Å². The molecule has 136 valence electrons. The largest absolute Gasteiger partial charge is 0.351 e. The number of rotatable bonds is 5. The summed E-state index contributed by atoms with van der Waals surface area (Å²) in [5.41, 5.74) is 3.47. The van der Waals surface area contributed by atoms with Crippen LogP contribution in [0.2, 0.25) is 0 Å². The van der Waals surface area contributed by atoms with E-state index in [1.807, 2.05) is 36.4 Å². The summed E-state index contributed by atoms with van der Waals surface area (Å²) in [7, 11) is 0. The van der Waals surface area contributed by atoms with Crippen molar-refractivity contribution in [3.8, 4) is 0 Å². The van der Waals surface area contributed by atoms with Crippen LogP contribution >= 0.6 is 0 Å². The van der Waals surface area contributed by atoms with Crippen molar-refractivity contribution in [3.05, 3.63) is 90.0 Å². The molecule has 1 aliphatic rings. The third-order valence-corrected chi connectivity index (χ3v) is 5.16. The van der Waals surface area contributed by atoms with E-state index in [9.17, 15) is 4.79 Å². The second-order valence-electron chi connectivity index (χ2n) is 6.96. The molecule has 0 bridgehead atoms. The van der Waals surface area contributed by atoms with Gasteiger partial charge >= 0.3 is 0 Å². The van der Waals surface area contributed by atoms with Crippen molar-refractivity contribution in [1.82, 2.24) is 10.2 Å². The van der Waals surface area contributed by atoms with Crippen LogP contribution in [0.4, 0.5) is 0 Å². The standard InChI is InChI=1S/C24H24N2O/c27-24(23-11-10-20-8-4-5-9-22(20)18-23)25-14-17-26-15-12-21(13-16-26)19-6-2-1-3-7-19/h1-12,18H,13-17H2,(H,25,27). The van der Waals surface area contributed by atoms with Crippen molar-refractivity contribution in [2.24, 2.45) is 0 Å². The van der Waals surface area contributed by atoms with E-state index in [-0.39, 0.29) is 5.91 Å². The van der Waals surface area contributed by atoms with Gasteiger partial charge in [-0.1, -0.05) is 66.7 Å². The van der Waals surface area contributed by atoms with Crippen LogP contribution in [0.25, 0.3) is 16.3 Å². The van der Waals surface area contributed by atoms with Gasteiger partial charge in [-0.2, -0.15) is 0 Å². The summed E-state index contributed by atoms with van der Waals surface area (Å²) >= 11 is 0. The second kappa shape index (κ2) is 8.19. The minimum absolute atomic E-state index is 0.00159. The lowest BCUT2D eigenvalue weighted by molar-refractivity contribution is 0.0949. The fraction of sp³-hybridized carbons (Fsp3) is 0.208. The molecule has 1 aliphatic heterocycles. The number of nitrogens with one attached hydrogen (secondary N) is 1. The molecule has 1 amide bonds. The second-order valence-corrected chi connectivity index (χ2v) is 6.96. The Balaban J connectivity index is 1.28. The molecule has 0 spiro atoms. The van der Waals surface area contributed by atoms with E-state index >= 15 is 0 Å². The van der Waals surface area contributed by atoms with Crippen LogP contribution in [0, 0.1) is 0 Å². The predicted molar refractivity (Wildman–Crippen MR) is 112 cm³/mol. The van der Waals surface area contributed by atoms with Crippen LogP contribution in [-0.4, -0.2) is 37.0 Å². The summed E-state index contributed by atoms with van der Waals surface area (Å²) < 4.78 is 0. The lowest BCUT2D eigenvalue weighted by atomic mass is 10.00. The van der Waals surface area contributed by atoms with Gasteiger partial charge in [-0.3, -0.25) is 9.69 Å². The Morgan fingerprint density at radius 3 is 2.48 bits per heavy atom. The highest BCUT2D eigenvalue weighted by molar-refractivity contribution is 5.98. The van der Waals surface area contributed by atoms with E-state index in [4.69, 9.17) is 0 Å². The lowest BCUT2D eigenvalue weighted by Crippen LogP contribution is -2.37. The Morgan fingerprint density at radius 2 is 1.70 bits per heavy atom. The molecule has 0 atom stereocenters. The summed E-state index contributed by atoms with van der Waals surface area (Å²) in [5, 5.41) is 5.31. The summed E-state index contributed by atoms with van der Waals surface area (Å²) in [6.45, 7) is 3.51. The molecule has 0 saturated carbocycles. The van der Waals surface area contributed by atoms with Crippen molar-refractivity contribution in [2.75, 3.05) is 26.2 Å². The monoisotopic (exact) mass is 356 g/mol. The van der Waals surface area contributed by atoms with Gasteiger partial charge in [0.1, 0.15) is 0 Å². The molecule has 0 radical (unpaired) electrons. The third-order valence-electron chi connectivity index (χ3n) is 5.16. The van der Waals surface area contributed by atoms with Gasteiger partial charge in [-0.25, -0.2) is 0 Å². The molecule has 3 heteroatoms. The predicted octanol–water partition coefficient (Wildman–Crippen LogP) is 4.36. The van der Waals surface area contributed by atoms with E-state index in [2.05, 4.69) is 52.7 Å². The molecule has 3 aromatic carbocycles. The van der Waals surface area contributed by atoms with Gasteiger partial charge in [0.15, 0.2) is 0 Å². The molecular weight excluding hydrogens is 332 g/mol. The van der Waals surface area contributed by atoms with Gasteiger partial charge in [-0.05, 0) is 40.5 Å². The number of carbonyl (C=O) groups excluding carboxylic acids is 1. The molecule has 0 fully saturated rings. The molecule has 0 aromatic heterocycles. The highest BCUT2D eigenvalue weighted by atomic mass is 16.1. The quantitative estimate of drug-likeness (QED) is 0.737. The van der Waals surface area contributed by atoms with Crippen LogP contribution < -0.4 is 5.32 Å². The van der Waals surface area contributed by atoms with E-state index in [1.165, 1.54) is 11.1 Å². The van der Waals surface area contributed by atoms with Crippen molar-refractivity contribution >= 4 is 22.3 Å². The Kier molecular flexibility index (Phi) is 5.31. The summed E-state index contributed by atoms with van der Waals surface area (Å²) in [4.78, 5) is 14.8. The van der Waals surface area contributed by atoms with Gasteiger partial charge in [0, 0.05) is 31.7 Å². The van der Waals surface area contributed by atoms with E-state index in [1.54, 1.807) is 0 Å². The number of hydrogen-bond acceptors (Lipinski definition) is 2. The average molecular weight is 356 g/mol. The lowest BCUT2D eigenvalue weighted by Gasteiger charge is -2.26. The van der Waals surface area contributed by atoms with Gasteiger partial charge < -0.3 is 5.32 Å². The van der Waals surface area contributed by atoms with Crippen LogP contribution in [-0.2, 0) is 0 Å². The fourth-order valence-corrected chi connectivity index (χ4v) is 3.59. The number of carbonyl (C=O) groups is 1. The third kappa shape index (κ3) is 4.26. The molecule has 1 N–H and O–H groups in total. The Hall–Kier alpha value is -2.91. The first-order chi connectivity index (χ1) is 13.3. The normalized spacial score (nSPS) is 14.7. The Bertz CT molecular complexity index is 962. The van der Waals surface area contributed by atoms with Gasteiger partial charge in [0.05, 0.1) is 0 Å². The summed E-state index contributed by atoms with van der Waals surface area (Å²) in [6.07, 6.45) is 3.37. The van der Waals surface area contributed by atoms with Gasteiger partial charge in [-0.15, -0.1) is 0 Å². The van der Waals surface area contributed by atoms with Crippen LogP contribution in [0.15, 0.2) is 78.9 Å². The molecule has 0 saturated heterocycles. The Labute approximate surface area is 160 Å². The minimum Gasteiger partial charge on any atom is -0.351 e. The topological polar surface area (TPSA) is 32.3 Å². The molecular formula is C24H24N2O. The van der Waals surface area contributed by atoms with Crippen LogP contribution in [0.3, 0.4) is 0 Å². The number of benzene rings is 3. The number of hydrogen-bond donors (Lipinski definition) is 1. The van der Waals surface area contributed by atoms with Crippen molar-refractivity contribution in [3.63, 3.8) is 0 Å². The van der Waals surface area contributed by atoms with Gasteiger partial charge in [0.2, 0.25) is 0 Å². The molecule has 0 aliphatic carbocycles. The Morgan fingerprint density at radius 1 is 0.926 bits per heavy atom. The van der Waals surface area contributed by atoms with E-state index in [0.29, 0.717) is 6.54 Å². The smallest absolute Gasteiger partial charge is 0.251 e. The number of amides is 1. The molecule has 27 heavy (non-hydrogen) atoms. The molecule has 0 unspecified atom stereocenters. The summed E-state index contributed by atoms with van der Waals surface area (Å²) in [5.74, 6) is -0.00159. The molecule has 4 rings (SSSR count). The number of fused-ring (bicyclic) bond motifs is 1. The fourth-order valence-electron chi connectivity index (χ4n) is 3.59. The van der Waals surface area contributed by atoms with E-state index in [0.717, 1.165) is 42.4 Å². The first-order valence-electron chi connectivity index (χ1n) is 9.53. The molecule has 3 aromatic rings. The maximum absolute atomic E-state index is 12.4. The maximum atomic E-state index is 12.4. The van der Waals surface area contributed by atoms with Crippen LogP contribution in [0.5, 0.6) is 0 Å². The molecule has 1 heterocycles. The average Bonchev–Trinajstić information content (AvgIpc) is 2.74. The van der Waals surface area contributed by atoms with Crippen molar-refractivity contribution in [2.45, 2.75) is 6.42 Å². The highest BCUT2D eigenvalue weighted by Gasteiger charge is 2.13. The van der Waals surface area contributed by atoms with E-state index < -0.39 is 0 Å². The molecule has 3 nitrogen and oxygen atoms in total. The first-order valence-corrected chi connectivity index (χ1v) is 9.53. The maximum Gasteiger partial charge on any atom is 0.251 e. The SMILES string of the molecule is O=C(NCCN1CC=C(c2ccccc2)CC1)c1ccc2ccccc2c1. The zero-order chi connectivity index (χ0) is 18.5. The first kappa shape index (κ1) is 17.5. The van der Waals surface area contributed by atoms with Crippen molar-refractivity contribution < 1.29 is 4.79 Å². The highest BCUT2D eigenvalue weighted by Crippen LogP contribution is 2.21. The van der Waals surface area contributed by atoms with Crippen LogP contribution in [0.1, 0.15) is 22.3 Å². The van der Waals surface area contributed by atoms with Gasteiger partial charge in [0.25, 0.3) is 5.91 Å². The minimum atomic E-state index is -0.00159.